The van der Waals surface area contributed by atoms with E-state index in [0.29, 0.717) is 0 Å². The summed E-state index contributed by atoms with van der Waals surface area (Å²) in [6.45, 7) is -0.647. The third-order valence-electron chi connectivity index (χ3n) is 2.19. The minimum Gasteiger partial charge on any atom is -0.392 e. The summed E-state index contributed by atoms with van der Waals surface area (Å²) < 4.78 is 40.1. The summed E-state index contributed by atoms with van der Waals surface area (Å²) >= 11 is 6.76. The molecule has 2 rings (SSSR count). The first-order chi connectivity index (χ1) is 8.94. The van der Waals surface area contributed by atoms with Crippen molar-refractivity contribution in [2.75, 3.05) is 4.72 Å². The molecule has 0 saturated carbocycles. The Morgan fingerprint density at radius 1 is 1.47 bits per heavy atom. The minimum atomic E-state index is -4.14. The molecule has 2 aromatic rings. The van der Waals surface area contributed by atoms with Crippen LogP contribution in [0.2, 0.25) is 5.02 Å². The van der Waals surface area contributed by atoms with Gasteiger partial charge in [0.05, 0.1) is 6.61 Å². The van der Waals surface area contributed by atoms with Gasteiger partial charge < -0.3 is 5.11 Å². The molecular weight excluding hydrogens is 315 g/mol. The summed E-state index contributed by atoms with van der Waals surface area (Å²) in [7, 11) is -4.14. The number of hydrogen-bond acceptors (Lipinski definition) is 5. The van der Waals surface area contributed by atoms with Crippen LogP contribution in [0.15, 0.2) is 28.6 Å². The Bertz CT molecular complexity index is 689. The molecule has 0 aliphatic heterocycles. The summed E-state index contributed by atoms with van der Waals surface area (Å²) in [5.41, 5.74) is -0.188. The van der Waals surface area contributed by atoms with Gasteiger partial charge in [-0.1, -0.05) is 11.6 Å². The Balaban J connectivity index is 2.48. The lowest BCUT2D eigenvalue weighted by molar-refractivity contribution is 0.274. The van der Waals surface area contributed by atoms with Gasteiger partial charge in [-0.3, -0.25) is 4.72 Å². The van der Waals surface area contributed by atoms with Gasteiger partial charge in [0, 0.05) is 22.2 Å². The molecule has 1 heterocycles. The van der Waals surface area contributed by atoms with Crippen LogP contribution in [0.3, 0.4) is 0 Å². The van der Waals surface area contributed by atoms with Crippen molar-refractivity contribution < 1.29 is 17.9 Å². The first-order valence-electron chi connectivity index (χ1n) is 4.95. The van der Waals surface area contributed by atoms with Gasteiger partial charge in [0.25, 0.3) is 10.0 Å². The first kappa shape index (κ1) is 14.2. The molecule has 19 heavy (non-hydrogen) atoms. The number of halogens is 2. The van der Waals surface area contributed by atoms with E-state index in [2.05, 4.69) is 9.71 Å². The highest BCUT2D eigenvalue weighted by molar-refractivity contribution is 7.93. The maximum atomic E-state index is 13.9. The van der Waals surface area contributed by atoms with Crippen molar-refractivity contribution in [2.24, 2.45) is 0 Å². The highest BCUT2D eigenvalue weighted by Gasteiger charge is 2.23. The topological polar surface area (TPSA) is 79.3 Å². The molecule has 0 aliphatic carbocycles. The highest BCUT2D eigenvalue weighted by Crippen LogP contribution is 2.26. The maximum Gasteiger partial charge on any atom is 0.266 e. The third kappa shape index (κ3) is 3.03. The van der Waals surface area contributed by atoms with Crippen LogP contribution in [0.5, 0.6) is 0 Å². The number of nitrogens with zero attached hydrogens (tertiary/aromatic N) is 1. The van der Waals surface area contributed by atoms with Gasteiger partial charge in [-0.25, -0.2) is 17.8 Å². The first-order valence-corrected chi connectivity index (χ1v) is 7.69. The van der Waals surface area contributed by atoms with E-state index >= 15 is 0 Å². The van der Waals surface area contributed by atoms with Gasteiger partial charge in [0.15, 0.2) is 5.13 Å². The van der Waals surface area contributed by atoms with Crippen molar-refractivity contribution in [3.63, 3.8) is 0 Å². The Labute approximate surface area is 117 Å². The van der Waals surface area contributed by atoms with Crippen LogP contribution >= 0.6 is 22.9 Å². The van der Waals surface area contributed by atoms with Crippen molar-refractivity contribution in [3.8, 4) is 0 Å². The zero-order valence-electron chi connectivity index (χ0n) is 9.30. The van der Waals surface area contributed by atoms with Gasteiger partial charge >= 0.3 is 0 Å². The monoisotopic (exact) mass is 322 g/mol. The number of hydrogen-bond donors (Lipinski definition) is 2. The molecule has 0 atom stereocenters. The molecule has 0 aliphatic rings. The van der Waals surface area contributed by atoms with Gasteiger partial charge in [-0.15, -0.1) is 11.3 Å². The maximum absolute atomic E-state index is 13.9. The number of aliphatic hydroxyl groups is 1. The lowest BCUT2D eigenvalue weighted by atomic mass is 10.2. The highest BCUT2D eigenvalue weighted by atomic mass is 35.5. The number of rotatable bonds is 4. The molecule has 0 unspecified atom stereocenters. The molecule has 0 bridgehead atoms. The van der Waals surface area contributed by atoms with Crippen LogP contribution in [-0.2, 0) is 16.6 Å². The van der Waals surface area contributed by atoms with E-state index in [0.717, 1.165) is 17.4 Å². The van der Waals surface area contributed by atoms with E-state index < -0.39 is 27.3 Å². The molecule has 0 radical (unpaired) electrons. The van der Waals surface area contributed by atoms with Crippen molar-refractivity contribution >= 4 is 38.1 Å². The number of aromatic nitrogens is 1. The van der Waals surface area contributed by atoms with E-state index in [1.807, 2.05) is 0 Å². The lowest BCUT2D eigenvalue weighted by Gasteiger charge is -2.09. The summed E-state index contributed by atoms with van der Waals surface area (Å²) in [5.74, 6) is -1.03. The zero-order valence-corrected chi connectivity index (χ0v) is 11.7. The fraction of sp³-hybridized carbons (Fsp3) is 0.100. The largest absolute Gasteiger partial charge is 0.392 e. The second kappa shape index (κ2) is 5.41. The number of sulfonamides is 1. The quantitative estimate of drug-likeness (QED) is 0.904. The number of aliphatic hydroxyl groups excluding tert-OH is 1. The minimum absolute atomic E-state index is 0.0185. The Kier molecular flexibility index (Phi) is 4.04. The molecule has 0 saturated heterocycles. The zero-order chi connectivity index (χ0) is 14.0. The summed E-state index contributed by atoms with van der Waals surface area (Å²) in [5, 5.41) is 10.7. The predicted molar refractivity (Wildman–Crippen MR) is 70.3 cm³/mol. The van der Waals surface area contributed by atoms with Crippen LogP contribution in [0, 0.1) is 5.82 Å². The molecule has 0 amide bonds. The Hall–Kier alpha value is -1.22. The van der Waals surface area contributed by atoms with E-state index in [1.165, 1.54) is 12.3 Å². The SMILES string of the molecule is O=S(=O)(Nc1nccs1)c1cc(Cl)cc(CO)c1F. The Morgan fingerprint density at radius 3 is 2.79 bits per heavy atom. The summed E-state index contributed by atoms with van der Waals surface area (Å²) in [6.07, 6.45) is 1.41. The number of thiazole rings is 1. The summed E-state index contributed by atoms with van der Waals surface area (Å²) in [6, 6.07) is 2.14. The van der Waals surface area contributed by atoms with Gasteiger partial charge in [-0.2, -0.15) is 0 Å². The standard InChI is InChI=1S/C10H8ClFN2O3S2/c11-7-3-6(5-15)9(12)8(4-7)19(16,17)14-10-13-1-2-18-10/h1-4,15H,5H2,(H,13,14). The predicted octanol–water partition coefficient (Wildman–Crippen LogP) is 2.23. The van der Waals surface area contributed by atoms with Crippen LogP contribution in [0.1, 0.15) is 5.56 Å². The van der Waals surface area contributed by atoms with Crippen molar-refractivity contribution in [1.29, 1.82) is 0 Å². The van der Waals surface area contributed by atoms with Crippen molar-refractivity contribution in [1.82, 2.24) is 4.98 Å². The smallest absolute Gasteiger partial charge is 0.266 e. The normalized spacial score (nSPS) is 11.5. The van der Waals surface area contributed by atoms with Gasteiger partial charge in [-0.05, 0) is 12.1 Å². The average molecular weight is 323 g/mol. The molecule has 102 valence electrons. The molecule has 0 spiro atoms. The molecule has 0 fully saturated rings. The van der Waals surface area contributed by atoms with E-state index in [4.69, 9.17) is 16.7 Å². The van der Waals surface area contributed by atoms with Crippen LogP contribution in [0.4, 0.5) is 9.52 Å². The van der Waals surface area contributed by atoms with Crippen LogP contribution in [-0.4, -0.2) is 18.5 Å². The summed E-state index contributed by atoms with van der Waals surface area (Å²) in [4.78, 5) is 3.12. The number of nitrogens with one attached hydrogen (secondary N) is 1. The second-order valence-corrected chi connectivity index (χ2v) is 6.46. The van der Waals surface area contributed by atoms with Crippen LogP contribution < -0.4 is 4.72 Å². The number of anilines is 1. The third-order valence-corrected chi connectivity index (χ3v) is 4.57. The van der Waals surface area contributed by atoms with E-state index in [9.17, 15) is 12.8 Å². The van der Waals surface area contributed by atoms with Crippen LogP contribution in [0.25, 0.3) is 0 Å². The second-order valence-electron chi connectivity index (χ2n) is 3.48. The molecule has 1 aromatic carbocycles. The van der Waals surface area contributed by atoms with E-state index in [1.54, 1.807) is 5.38 Å². The van der Waals surface area contributed by atoms with E-state index in [-0.39, 0.29) is 15.7 Å². The molecule has 5 nitrogen and oxygen atoms in total. The fourth-order valence-electron chi connectivity index (χ4n) is 1.37. The van der Waals surface area contributed by atoms with Crippen molar-refractivity contribution in [2.45, 2.75) is 11.5 Å². The molecular formula is C10H8ClFN2O3S2. The van der Waals surface area contributed by atoms with Gasteiger partial charge in [0.2, 0.25) is 0 Å². The number of benzene rings is 1. The molecule has 2 N–H and O–H groups in total. The Morgan fingerprint density at radius 2 is 2.21 bits per heavy atom. The lowest BCUT2D eigenvalue weighted by Crippen LogP contribution is -2.15. The average Bonchev–Trinajstić information content (AvgIpc) is 2.83. The fourth-order valence-corrected chi connectivity index (χ4v) is 3.61. The molecule has 1 aromatic heterocycles. The van der Waals surface area contributed by atoms with Gasteiger partial charge in [0.1, 0.15) is 10.7 Å². The van der Waals surface area contributed by atoms with Crippen molar-refractivity contribution in [3.05, 3.63) is 40.1 Å². The molecule has 9 heteroatoms.